The van der Waals surface area contributed by atoms with E-state index in [1.54, 1.807) is 24.3 Å². The van der Waals surface area contributed by atoms with Crippen LogP contribution >= 0.6 is 15.9 Å². The van der Waals surface area contributed by atoms with Gasteiger partial charge in [-0.2, -0.15) is 0 Å². The molecule has 6 heteroatoms. The highest BCUT2D eigenvalue weighted by Gasteiger charge is 2.34. The molecule has 0 bridgehead atoms. The van der Waals surface area contributed by atoms with E-state index >= 15 is 0 Å². The number of carbonyl (C=O) groups is 2. The van der Waals surface area contributed by atoms with E-state index in [0.717, 1.165) is 10.9 Å². The van der Waals surface area contributed by atoms with Crippen LogP contribution in [-0.2, 0) is 9.59 Å². The lowest BCUT2D eigenvalue weighted by Gasteiger charge is -2.14. The number of para-hydroxylation sites is 1. The highest BCUT2D eigenvalue weighted by molar-refractivity contribution is 9.10. The van der Waals surface area contributed by atoms with Gasteiger partial charge in [-0.05, 0) is 36.8 Å². The lowest BCUT2D eigenvalue weighted by molar-refractivity contribution is -0.117. The summed E-state index contributed by atoms with van der Waals surface area (Å²) in [4.78, 5) is 25.0. The first kappa shape index (κ1) is 17.2. The van der Waals surface area contributed by atoms with E-state index in [2.05, 4.69) is 21.4 Å². The van der Waals surface area contributed by atoms with Gasteiger partial charge in [0.25, 0.3) is 11.8 Å². The number of ether oxygens (including phenoxy) is 1. The first-order chi connectivity index (χ1) is 12.1. The molecule has 0 aromatic heterocycles. The number of nitrogens with one attached hydrogen (secondary N) is 1. The van der Waals surface area contributed by atoms with Gasteiger partial charge in [0.15, 0.2) is 0 Å². The van der Waals surface area contributed by atoms with Crippen molar-refractivity contribution >= 4 is 39.5 Å². The van der Waals surface area contributed by atoms with Crippen LogP contribution in [0.4, 0.5) is 5.69 Å². The second-order valence-electron chi connectivity index (χ2n) is 5.51. The Morgan fingerprint density at radius 2 is 1.96 bits per heavy atom. The fraction of sp³-hybridized carbons (Fsp3) is 0.158. The van der Waals surface area contributed by atoms with Crippen molar-refractivity contribution in [1.29, 1.82) is 0 Å². The predicted octanol–water partition coefficient (Wildman–Crippen LogP) is 3.70. The molecular formula is C19H17BrN2O3. The van der Waals surface area contributed by atoms with Crippen molar-refractivity contribution < 1.29 is 14.3 Å². The number of amides is 2. The lowest BCUT2D eigenvalue weighted by atomic mass is 10.1. The number of nitrogens with zero attached hydrogens (tertiary/aromatic N) is 1. The maximum atomic E-state index is 12.7. The Labute approximate surface area is 154 Å². The summed E-state index contributed by atoms with van der Waals surface area (Å²) in [5.74, 6) is -0.179. The average Bonchev–Trinajstić information content (AvgIpc) is 2.89. The van der Waals surface area contributed by atoms with E-state index in [1.807, 2.05) is 37.3 Å². The van der Waals surface area contributed by atoms with Crippen LogP contribution in [0, 0.1) is 0 Å². The summed E-state index contributed by atoms with van der Waals surface area (Å²) in [5.41, 5.74) is 3.96. The normalized spacial score (nSPS) is 15.6. The van der Waals surface area contributed by atoms with Gasteiger partial charge in [0.1, 0.15) is 11.3 Å². The number of hydrogen-bond acceptors (Lipinski definition) is 3. The molecule has 2 aromatic rings. The molecule has 128 valence electrons. The monoisotopic (exact) mass is 400 g/mol. The summed E-state index contributed by atoms with van der Waals surface area (Å²) >= 11 is 3.36. The van der Waals surface area contributed by atoms with Crippen LogP contribution in [0.5, 0.6) is 5.75 Å². The summed E-state index contributed by atoms with van der Waals surface area (Å²) < 4.78 is 6.51. The van der Waals surface area contributed by atoms with Gasteiger partial charge < -0.3 is 4.74 Å². The Morgan fingerprint density at radius 3 is 2.72 bits per heavy atom. The third-order valence-electron chi connectivity index (χ3n) is 3.64. The summed E-state index contributed by atoms with van der Waals surface area (Å²) in [6, 6.07) is 14.5. The maximum absolute atomic E-state index is 12.7. The first-order valence-corrected chi connectivity index (χ1v) is 8.74. The molecule has 2 aromatic carbocycles. The van der Waals surface area contributed by atoms with E-state index in [-0.39, 0.29) is 5.57 Å². The lowest BCUT2D eigenvalue weighted by Crippen LogP contribution is -2.35. The number of hydrazine groups is 1. The van der Waals surface area contributed by atoms with Gasteiger partial charge >= 0.3 is 0 Å². The van der Waals surface area contributed by atoms with Crippen molar-refractivity contribution in [2.45, 2.75) is 13.3 Å². The molecule has 25 heavy (non-hydrogen) atoms. The zero-order valence-corrected chi connectivity index (χ0v) is 15.2. The molecule has 5 nitrogen and oxygen atoms in total. The largest absolute Gasteiger partial charge is 0.493 e. The fourth-order valence-electron chi connectivity index (χ4n) is 2.45. The number of rotatable bonds is 5. The molecule has 0 atom stereocenters. The van der Waals surface area contributed by atoms with Crippen molar-refractivity contribution in [1.82, 2.24) is 5.43 Å². The average molecular weight is 401 g/mol. The van der Waals surface area contributed by atoms with Gasteiger partial charge in [-0.1, -0.05) is 47.1 Å². The number of benzene rings is 2. The van der Waals surface area contributed by atoms with Gasteiger partial charge in [-0.3, -0.25) is 15.0 Å². The summed E-state index contributed by atoms with van der Waals surface area (Å²) in [6.45, 7) is 2.59. The molecule has 1 aliphatic heterocycles. The Morgan fingerprint density at radius 1 is 1.16 bits per heavy atom. The molecule has 1 fully saturated rings. The van der Waals surface area contributed by atoms with Gasteiger partial charge in [0.2, 0.25) is 0 Å². The van der Waals surface area contributed by atoms with Crippen molar-refractivity contribution in [2.75, 3.05) is 11.6 Å². The second kappa shape index (κ2) is 7.53. The highest BCUT2D eigenvalue weighted by atomic mass is 79.9. The summed E-state index contributed by atoms with van der Waals surface area (Å²) in [7, 11) is 0. The first-order valence-electron chi connectivity index (χ1n) is 7.94. The Hall–Kier alpha value is -2.60. The van der Waals surface area contributed by atoms with Crippen molar-refractivity contribution in [3.05, 3.63) is 64.1 Å². The number of hydrogen-bond donors (Lipinski definition) is 1. The molecular weight excluding hydrogens is 384 g/mol. The number of anilines is 1. The molecule has 1 saturated heterocycles. The molecule has 0 spiro atoms. The van der Waals surface area contributed by atoms with E-state index in [1.165, 1.54) is 5.01 Å². The minimum absolute atomic E-state index is 0.0764. The van der Waals surface area contributed by atoms with Crippen LogP contribution < -0.4 is 15.2 Å². The minimum atomic E-state index is -0.435. The zero-order valence-electron chi connectivity index (χ0n) is 13.7. The highest BCUT2D eigenvalue weighted by Crippen LogP contribution is 2.26. The molecule has 1 heterocycles. The molecule has 0 radical (unpaired) electrons. The molecule has 0 saturated carbocycles. The Bertz CT molecular complexity index is 848. The van der Waals surface area contributed by atoms with Crippen molar-refractivity contribution in [3.8, 4) is 5.75 Å². The van der Waals surface area contributed by atoms with Crippen LogP contribution in [0.1, 0.15) is 18.9 Å². The van der Waals surface area contributed by atoms with Crippen molar-refractivity contribution in [2.24, 2.45) is 0 Å². The molecule has 0 aliphatic carbocycles. The smallest absolute Gasteiger partial charge is 0.282 e. The molecule has 1 aliphatic rings. The van der Waals surface area contributed by atoms with Crippen LogP contribution in [0.3, 0.4) is 0 Å². The SMILES string of the molecule is CCCOc1ccccc1/C=C1\C(=O)NN(c2cccc(Br)c2)C1=O. The molecule has 1 N–H and O–H groups in total. The van der Waals surface area contributed by atoms with E-state index in [9.17, 15) is 9.59 Å². The van der Waals surface area contributed by atoms with E-state index in [0.29, 0.717) is 23.6 Å². The fourth-order valence-corrected chi connectivity index (χ4v) is 2.84. The standard InChI is InChI=1S/C19H17BrN2O3/c1-2-10-25-17-9-4-3-6-13(17)11-16-18(23)21-22(19(16)24)15-8-5-7-14(20)12-15/h3-9,11-12H,2,10H2,1H3,(H,21,23)/b16-11+. The predicted molar refractivity (Wildman–Crippen MR) is 100.0 cm³/mol. The zero-order chi connectivity index (χ0) is 17.8. The summed E-state index contributed by atoms with van der Waals surface area (Å²) in [6.07, 6.45) is 2.45. The van der Waals surface area contributed by atoms with E-state index in [4.69, 9.17) is 4.74 Å². The van der Waals surface area contributed by atoms with Crippen LogP contribution in [0.15, 0.2) is 58.6 Å². The Balaban J connectivity index is 1.92. The van der Waals surface area contributed by atoms with E-state index < -0.39 is 11.8 Å². The Kier molecular flexibility index (Phi) is 5.19. The van der Waals surface area contributed by atoms with Crippen LogP contribution in [0.2, 0.25) is 0 Å². The van der Waals surface area contributed by atoms with Gasteiger partial charge in [0.05, 0.1) is 12.3 Å². The second-order valence-corrected chi connectivity index (χ2v) is 6.42. The van der Waals surface area contributed by atoms with Gasteiger partial charge in [-0.15, -0.1) is 0 Å². The van der Waals surface area contributed by atoms with Crippen molar-refractivity contribution in [3.63, 3.8) is 0 Å². The molecule has 0 unspecified atom stereocenters. The van der Waals surface area contributed by atoms with Crippen LogP contribution in [0.25, 0.3) is 6.08 Å². The third kappa shape index (κ3) is 3.74. The molecule has 3 rings (SSSR count). The topological polar surface area (TPSA) is 58.6 Å². The van der Waals surface area contributed by atoms with Crippen LogP contribution in [-0.4, -0.2) is 18.4 Å². The molecule has 2 amide bonds. The number of carbonyl (C=O) groups excluding carboxylic acids is 2. The maximum Gasteiger partial charge on any atom is 0.282 e. The van der Waals surface area contributed by atoms with Gasteiger partial charge in [0, 0.05) is 10.0 Å². The number of halogens is 1. The minimum Gasteiger partial charge on any atom is -0.493 e. The van der Waals surface area contributed by atoms with Gasteiger partial charge in [-0.25, -0.2) is 5.01 Å². The third-order valence-corrected chi connectivity index (χ3v) is 4.13. The summed E-state index contributed by atoms with van der Waals surface area (Å²) in [5, 5.41) is 1.24. The quantitative estimate of drug-likeness (QED) is 0.614.